The van der Waals surface area contributed by atoms with Gasteiger partial charge >= 0.3 is 0 Å². The molecule has 0 spiro atoms. The Morgan fingerprint density at radius 3 is 1.77 bits per heavy atom. The van der Waals surface area contributed by atoms with Gasteiger partial charge in [0.25, 0.3) is 0 Å². The van der Waals surface area contributed by atoms with Crippen molar-refractivity contribution in [2.75, 3.05) is 7.05 Å². The average molecular weight is 426 g/mol. The first-order chi connectivity index (χ1) is 14.5. The molecule has 1 amide bonds. The monoisotopic (exact) mass is 425 g/mol. The highest BCUT2D eigenvalue weighted by Gasteiger charge is 2.21. The van der Waals surface area contributed by atoms with Crippen LogP contribution in [-0.4, -0.2) is 30.2 Å². The molecule has 0 aromatic carbocycles. The number of aldehydes is 1. The number of hydrogen-bond acceptors (Lipinski definition) is 2. The van der Waals surface area contributed by atoms with E-state index in [0.717, 1.165) is 31.5 Å². The van der Waals surface area contributed by atoms with Crippen LogP contribution in [0.3, 0.4) is 0 Å². The van der Waals surface area contributed by atoms with Crippen molar-refractivity contribution < 1.29 is 9.59 Å². The summed E-state index contributed by atoms with van der Waals surface area (Å²) in [5.74, 6) is 1.65. The molecule has 2 rings (SSSR count). The second-order valence-electron chi connectivity index (χ2n) is 9.02. The Hall–Kier alpha value is -0.860. The molecule has 0 aliphatic heterocycles. The molecule has 2 aliphatic rings. The van der Waals surface area contributed by atoms with E-state index < -0.39 is 0 Å². The molecule has 2 saturated carbocycles. The van der Waals surface area contributed by atoms with Gasteiger partial charge in [0.15, 0.2) is 0 Å². The van der Waals surface area contributed by atoms with Gasteiger partial charge in [0.2, 0.25) is 5.91 Å². The van der Waals surface area contributed by atoms with Gasteiger partial charge in [-0.25, -0.2) is 0 Å². The Balaban J connectivity index is 0. The fourth-order valence-corrected chi connectivity index (χ4v) is 3.78. The van der Waals surface area contributed by atoms with Gasteiger partial charge in [-0.3, -0.25) is 4.79 Å². The summed E-state index contributed by atoms with van der Waals surface area (Å²) in [7, 11) is 1.99. The first kappa shape index (κ1) is 31.3. The number of hydrogen-bond donors (Lipinski definition) is 0. The summed E-state index contributed by atoms with van der Waals surface area (Å²) in [6.07, 6.45) is 20.0. The highest BCUT2D eigenvalue weighted by atomic mass is 16.2. The lowest BCUT2D eigenvalue weighted by atomic mass is 9.91. The van der Waals surface area contributed by atoms with Crippen LogP contribution in [-0.2, 0) is 9.59 Å². The molecule has 3 nitrogen and oxygen atoms in total. The van der Waals surface area contributed by atoms with E-state index in [4.69, 9.17) is 0 Å². The van der Waals surface area contributed by atoms with E-state index in [-0.39, 0.29) is 5.92 Å². The lowest BCUT2D eigenvalue weighted by molar-refractivity contribution is -0.132. The molecule has 0 saturated heterocycles. The summed E-state index contributed by atoms with van der Waals surface area (Å²) in [4.78, 5) is 23.6. The Morgan fingerprint density at radius 2 is 1.43 bits per heavy atom. The molecule has 2 aliphatic carbocycles. The van der Waals surface area contributed by atoms with Gasteiger partial charge in [-0.15, -0.1) is 0 Å². The number of carbonyl (C=O) groups excluding carboxylic acids is 2. The summed E-state index contributed by atoms with van der Waals surface area (Å²) in [6, 6.07) is 0.535. The van der Waals surface area contributed by atoms with E-state index in [9.17, 15) is 9.59 Å². The molecule has 0 aromatic heterocycles. The van der Waals surface area contributed by atoms with E-state index in [1.54, 1.807) is 0 Å². The molecule has 0 radical (unpaired) electrons. The Bertz CT molecular complexity index is 371. The van der Waals surface area contributed by atoms with E-state index >= 15 is 0 Å². The minimum absolute atomic E-state index is 0.255. The van der Waals surface area contributed by atoms with Crippen molar-refractivity contribution in [1.82, 2.24) is 4.90 Å². The zero-order valence-corrected chi connectivity index (χ0v) is 21.7. The number of unbranched alkanes of at least 4 members (excludes halogenated alkanes) is 2. The van der Waals surface area contributed by atoms with Crippen LogP contribution >= 0.6 is 0 Å². The van der Waals surface area contributed by atoms with Crippen LogP contribution in [0.15, 0.2) is 0 Å². The number of carbonyl (C=O) groups is 2. The maximum atomic E-state index is 11.8. The Labute approximate surface area is 189 Å². The Morgan fingerprint density at radius 1 is 0.933 bits per heavy atom. The predicted octanol–water partition coefficient (Wildman–Crippen LogP) is 8.20. The molecule has 0 bridgehead atoms. The van der Waals surface area contributed by atoms with Crippen molar-refractivity contribution in [3.8, 4) is 0 Å². The SMILES string of the molecule is CC.CC1CCCCC1.CCC(C)C=O.CCCCCC(=O)N(C)C1CCCCC1. The van der Waals surface area contributed by atoms with E-state index in [0.29, 0.717) is 11.9 Å². The fourth-order valence-electron chi connectivity index (χ4n) is 3.78. The molecule has 180 valence electrons. The van der Waals surface area contributed by atoms with E-state index in [1.165, 1.54) is 77.0 Å². The third kappa shape index (κ3) is 18.0. The van der Waals surface area contributed by atoms with Gasteiger partial charge in [0.05, 0.1) is 0 Å². The third-order valence-corrected chi connectivity index (χ3v) is 6.28. The standard InChI is InChI=1S/C13H25NO.C7H14.C5H10O.C2H6/c1-3-4-6-11-13(15)14(2)12-9-7-5-8-10-12;1-7-5-3-2-4-6-7;1-3-5(2)4-6;1-2/h12H,3-11H2,1-2H3;7H,2-6H2,1H3;4-5H,3H2,1-2H3;1-2H3. The summed E-state index contributed by atoms with van der Waals surface area (Å²) in [5, 5.41) is 0. The quantitative estimate of drug-likeness (QED) is 0.304. The molecule has 1 unspecified atom stereocenters. The highest BCUT2D eigenvalue weighted by molar-refractivity contribution is 5.76. The normalized spacial score (nSPS) is 17.7. The average Bonchev–Trinajstić information content (AvgIpc) is 2.81. The van der Waals surface area contributed by atoms with Gasteiger partial charge in [-0.1, -0.05) is 106 Å². The van der Waals surface area contributed by atoms with Crippen LogP contribution < -0.4 is 0 Å². The second-order valence-corrected chi connectivity index (χ2v) is 9.02. The topological polar surface area (TPSA) is 37.4 Å². The summed E-state index contributed by atoms with van der Waals surface area (Å²) >= 11 is 0. The zero-order valence-electron chi connectivity index (χ0n) is 21.7. The molecular weight excluding hydrogens is 370 g/mol. The van der Waals surface area contributed by atoms with Crippen molar-refractivity contribution in [3.05, 3.63) is 0 Å². The predicted molar refractivity (Wildman–Crippen MR) is 133 cm³/mol. The molecule has 30 heavy (non-hydrogen) atoms. The lowest BCUT2D eigenvalue weighted by Crippen LogP contribution is -2.38. The second kappa shape index (κ2) is 22.8. The minimum atomic E-state index is 0.255. The maximum absolute atomic E-state index is 11.8. The van der Waals surface area contributed by atoms with Crippen molar-refractivity contribution in [3.63, 3.8) is 0 Å². The van der Waals surface area contributed by atoms with Crippen molar-refractivity contribution in [1.29, 1.82) is 0 Å². The van der Waals surface area contributed by atoms with Gasteiger partial charge in [0.1, 0.15) is 6.29 Å². The van der Waals surface area contributed by atoms with Crippen LogP contribution in [0.25, 0.3) is 0 Å². The molecular formula is C27H55NO2. The van der Waals surface area contributed by atoms with Gasteiger partial charge in [-0.2, -0.15) is 0 Å². The zero-order chi connectivity index (χ0) is 23.2. The van der Waals surface area contributed by atoms with Gasteiger partial charge < -0.3 is 9.69 Å². The number of rotatable bonds is 7. The van der Waals surface area contributed by atoms with Crippen molar-refractivity contribution >= 4 is 12.2 Å². The molecule has 2 fully saturated rings. The smallest absolute Gasteiger partial charge is 0.222 e. The number of nitrogens with zero attached hydrogens (tertiary/aromatic N) is 1. The molecule has 3 heteroatoms. The lowest BCUT2D eigenvalue weighted by Gasteiger charge is -2.31. The minimum Gasteiger partial charge on any atom is -0.343 e. The number of amides is 1. The van der Waals surface area contributed by atoms with Crippen LogP contribution in [0.4, 0.5) is 0 Å². The summed E-state index contributed by atoms with van der Waals surface area (Å²) in [5.41, 5.74) is 0. The van der Waals surface area contributed by atoms with Crippen molar-refractivity contribution in [2.24, 2.45) is 11.8 Å². The van der Waals surface area contributed by atoms with Crippen LogP contribution in [0, 0.1) is 11.8 Å². The largest absolute Gasteiger partial charge is 0.343 e. The van der Waals surface area contributed by atoms with E-state index in [2.05, 4.69) is 13.8 Å². The molecule has 0 N–H and O–H groups in total. The maximum Gasteiger partial charge on any atom is 0.222 e. The fraction of sp³-hybridized carbons (Fsp3) is 0.926. The summed E-state index contributed by atoms with van der Waals surface area (Å²) < 4.78 is 0. The van der Waals surface area contributed by atoms with Gasteiger partial charge in [-0.05, 0) is 31.6 Å². The Kier molecular flexibility index (Phi) is 23.8. The van der Waals surface area contributed by atoms with Crippen LogP contribution in [0.1, 0.15) is 138 Å². The molecule has 0 aromatic rings. The van der Waals surface area contributed by atoms with Crippen LogP contribution in [0.2, 0.25) is 0 Å². The molecule has 1 atom stereocenters. The summed E-state index contributed by atoms with van der Waals surface area (Å²) in [6.45, 7) is 12.4. The van der Waals surface area contributed by atoms with Crippen molar-refractivity contribution in [2.45, 2.75) is 144 Å². The van der Waals surface area contributed by atoms with Crippen LogP contribution in [0.5, 0.6) is 0 Å². The molecule has 0 heterocycles. The van der Waals surface area contributed by atoms with Gasteiger partial charge in [0, 0.05) is 25.4 Å². The third-order valence-electron chi connectivity index (χ3n) is 6.28. The first-order valence-corrected chi connectivity index (χ1v) is 13.2. The van der Waals surface area contributed by atoms with E-state index in [1.807, 2.05) is 39.6 Å². The first-order valence-electron chi connectivity index (χ1n) is 13.2. The highest BCUT2D eigenvalue weighted by Crippen LogP contribution is 2.23.